The summed E-state index contributed by atoms with van der Waals surface area (Å²) in [6.45, 7) is 1.60. The van der Waals surface area contributed by atoms with Crippen LogP contribution >= 0.6 is 0 Å². The van der Waals surface area contributed by atoms with Gasteiger partial charge < -0.3 is 14.7 Å². The van der Waals surface area contributed by atoms with Crippen molar-refractivity contribution in [1.29, 1.82) is 0 Å². The van der Waals surface area contributed by atoms with Gasteiger partial charge in [-0.25, -0.2) is 9.97 Å². The van der Waals surface area contributed by atoms with E-state index in [4.69, 9.17) is 9.84 Å². The number of aromatic nitrogens is 2. The highest BCUT2D eigenvalue weighted by Gasteiger charge is 2.28. The maximum Gasteiger partial charge on any atom is 0.225 e. The first-order valence-electron chi connectivity index (χ1n) is 4.54. The van der Waals surface area contributed by atoms with Crippen molar-refractivity contribution in [1.82, 2.24) is 9.97 Å². The number of methoxy groups -OCH3 is 1. The number of aliphatic hydroxyl groups is 1. The summed E-state index contributed by atoms with van der Waals surface area (Å²) in [5, 5.41) is 8.90. The van der Waals surface area contributed by atoms with Crippen molar-refractivity contribution >= 4 is 5.95 Å². The van der Waals surface area contributed by atoms with E-state index in [0.29, 0.717) is 11.6 Å². The Morgan fingerprint density at radius 3 is 3.07 bits per heavy atom. The summed E-state index contributed by atoms with van der Waals surface area (Å²) in [7, 11) is 1.70. The van der Waals surface area contributed by atoms with E-state index in [-0.39, 0.29) is 12.7 Å². The molecule has 0 bridgehead atoms. The molecule has 0 aromatic carbocycles. The predicted molar refractivity (Wildman–Crippen MR) is 51.0 cm³/mol. The lowest BCUT2D eigenvalue weighted by atomic mass is 10.2. The van der Waals surface area contributed by atoms with Gasteiger partial charge in [-0.15, -0.1) is 0 Å². The zero-order chi connectivity index (χ0) is 9.97. The summed E-state index contributed by atoms with van der Waals surface area (Å²) in [5.41, 5.74) is 0.649. The standard InChI is InChI=1S/C9H13N3O2/c1-14-8-4-12(5-8)9-10-3-2-7(6-13)11-9/h2-3,8,13H,4-6H2,1H3. The Labute approximate surface area is 82.4 Å². The minimum absolute atomic E-state index is 0.0446. The summed E-state index contributed by atoms with van der Waals surface area (Å²) in [4.78, 5) is 10.3. The van der Waals surface area contributed by atoms with Gasteiger partial charge in [0.1, 0.15) is 0 Å². The van der Waals surface area contributed by atoms with Gasteiger partial charge in [0.05, 0.1) is 18.4 Å². The van der Waals surface area contributed by atoms with E-state index in [1.54, 1.807) is 19.4 Å². The van der Waals surface area contributed by atoms with E-state index in [9.17, 15) is 0 Å². The van der Waals surface area contributed by atoms with Crippen molar-refractivity contribution in [3.63, 3.8) is 0 Å². The van der Waals surface area contributed by atoms with Crippen molar-refractivity contribution in [2.75, 3.05) is 25.1 Å². The van der Waals surface area contributed by atoms with Crippen LogP contribution in [0.4, 0.5) is 5.95 Å². The third-order valence-electron chi connectivity index (χ3n) is 2.33. The molecule has 0 atom stereocenters. The molecule has 1 aliphatic rings. The lowest BCUT2D eigenvalue weighted by Crippen LogP contribution is -2.52. The van der Waals surface area contributed by atoms with Gasteiger partial charge in [0.15, 0.2) is 0 Å². The van der Waals surface area contributed by atoms with Crippen LogP contribution < -0.4 is 4.90 Å². The van der Waals surface area contributed by atoms with Gasteiger partial charge in [0.2, 0.25) is 5.95 Å². The molecule has 5 heteroatoms. The van der Waals surface area contributed by atoms with E-state index in [1.807, 2.05) is 4.90 Å². The number of hydrogen-bond donors (Lipinski definition) is 1. The fourth-order valence-electron chi connectivity index (χ4n) is 1.38. The topological polar surface area (TPSA) is 58.5 Å². The van der Waals surface area contributed by atoms with Crippen molar-refractivity contribution in [3.8, 4) is 0 Å². The molecule has 1 fully saturated rings. The van der Waals surface area contributed by atoms with Gasteiger partial charge >= 0.3 is 0 Å². The highest BCUT2D eigenvalue weighted by molar-refractivity contribution is 5.34. The maximum atomic E-state index is 8.90. The Kier molecular flexibility index (Phi) is 2.60. The zero-order valence-electron chi connectivity index (χ0n) is 8.05. The fourth-order valence-corrected chi connectivity index (χ4v) is 1.38. The maximum absolute atomic E-state index is 8.90. The quantitative estimate of drug-likeness (QED) is 0.724. The zero-order valence-corrected chi connectivity index (χ0v) is 8.05. The van der Waals surface area contributed by atoms with Crippen LogP contribution in [0.15, 0.2) is 12.3 Å². The average Bonchev–Trinajstić information content (AvgIpc) is 2.17. The monoisotopic (exact) mass is 195 g/mol. The first-order valence-corrected chi connectivity index (χ1v) is 4.54. The van der Waals surface area contributed by atoms with Gasteiger partial charge in [-0.05, 0) is 6.07 Å². The van der Waals surface area contributed by atoms with Crippen molar-refractivity contribution in [2.45, 2.75) is 12.7 Å². The van der Waals surface area contributed by atoms with Crippen LogP contribution in [0, 0.1) is 0 Å². The number of rotatable bonds is 3. The molecule has 1 saturated heterocycles. The van der Waals surface area contributed by atoms with Gasteiger partial charge in [0.25, 0.3) is 0 Å². The highest BCUT2D eigenvalue weighted by atomic mass is 16.5. The minimum Gasteiger partial charge on any atom is -0.390 e. The molecule has 14 heavy (non-hydrogen) atoms. The van der Waals surface area contributed by atoms with Crippen LogP contribution in [0.1, 0.15) is 5.69 Å². The van der Waals surface area contributed by atoms with Crippen LogP contribution in [0.25, 0.3) is 0 Å². The first kappa shape index (κ1) is 9.36. The Hall–Kier alpha value is -1.20. The van der Waals surface area contributed by atoms with Gasteiger partial charge in [-0.2, -0.15) is 0 Å². The lowest BCUT2D eigenvalue weighted by Gasteiger charge is -2.38. The van der Waals surface area contributed by atoms with Crippen LogP contribution in [-0.4, -0.2) is 41.4 Å². The molecule has 0 radical (unpaired) electrons. The first-order chi connectivity index (χ1) is 6.83. The second-order valence-electron chi connectivity index (χ2n) is 3.27. The molecule has 0 saturated carbocycles. The van der Waals surface area contributed by atoms with E-state index in [1.165, 1.54) is 0 Å². The number of aliphatic hydroxyl groups excluding tert-OH is 1. The predicted octanol–water partition coefficient (Wildman–Crippen LogP) is -0.196. The molecular weight excluding hydrogens is 182 g/mol. The molecule has 2 heterocycles. The van der Waals surface area contributed by atoms with E-state index in [0.717, 1.165) is 13.1 Å². The molecule has 1 N–H and O–H groups in total. The summed E-state index contributed by atoms with van der Waals surface area (Å²) < 4.78 is 5.15. The Morgan fingerprint density at radius 2 is 2.43 bits per heavy atom. The molecule has 0 spiro atoms. The number of anilines is 1. The molecule has 1 aromatic rings. The van der Waals surface area contributed by atoms with E-state index < -0.39 is 0 Å². The third-order valence-corrected chi connectivity index (χ3v) is 2.33. The Balaban J connectivity index is 2.03. The normalized spacial score (nSPS) is 16.9. The van der Waals surface area contributed by atoms with Gasteiger partial charge in [-0.1, -0.05) is 0 Å². The Bertz CT molecular complexity index is 313. The largest absolute Gasteiger partial charge is 0.390 e. The average molecular weight is 195 g/mol. The molecule has 1 aromatic heterocycles. The SMILES string of the molecule is COC1CN(c2nccc(CO)n2)C1. The number of nitrogens with zero attached hydrogens (tertiary/aromatic N) is 3. The highest BCUT2D eigenvalue weighted by Crippen LogP contribution is 2.17. The van der Waals surface area contributed by atoms with Crippen LogP contribution in [0.2, 0.25) is 0 Å². The Morgan fingerprint density at radius 1 is 1.64 bits per heavy atom. The van der Waals surface area contributed by atoms with Gasteiger partial charge in [-0.3, -0.25) is 0 Å². The summed E-state index contributed by atoms with van der Waals surface area (Å²) in [6.07, 6.45) is 1.95. The molecule has 0 aliphatic carbocycles. The smallest absolute Gasteiger partial charge is 0.225 e. The molecule has 0 unspecified atom stereocenters. The second-order valence-corrected chi connectivity index (χ2v) is 3.27. The summed E-state index contributed by atoms with van der Waals surface area (Å²) in [5.74, 6) is 0.671. The van der Waals surface area contributed by atoms with Crippen LogP contribution in [-0.2, 0) is 11.3 Å². The number of hydrogen-bond acceptors (Lipinski definition) is 5. The van der Waals surface area contributed by atoms with Crippen LogP contribution in [0.5, 0.6) is 0 Å². The lowest BCUT2D eigenvalue weighted by molar-refractivity contribution is 0.0777. The molecular formula is C9H13N3O2. The fraction of sp³-hybridized carbons (Fsp3) is 0.556. The summed E-state index contributed by atoms with van der Waals surface area (Å²) >= 11 is 0. The molecule has 0 amide bonds. The molecule has 5 nitrogen and oxygen atoms in total. The molecule has 1 aliphatic heterocycles. The van der Waals surface area contributed by atoms with Crippen molar-refractivity contribution in [2.24, 2.45) is 0 Å². The van der Waals surface area contributed by atoms with E-state index in [2.05, 4.69) is 9.97 Å². The third kappa shape index (κ3) is 1.69. The number of ether oxygens (including phenoxy) is 1. The van der Waals surface area contributed by atoms with Gasteiger partial charge in [0, 0.05) is 26.4 Å². The van der Waals surface area contributed by atoms with Crippen molar-refractivity contribution < 1.29 is 9.84 Å². The van der Waals surface area contributed by atoms with E-state index >= 15 is 0 Å². The van der Waals surface area contributed by atoms with Crippen LogP contribution in [0.3, 0.4) is 0 Å². The van der Waals surface area contributed by atoms with Crippen molar-refractivity contribution in [3.05, 3.63) is 18.0 Å². The summed E-state index contributed by atoms with van der Waals surface area (Å²) in [6, 6.07) is 1.71. The molecule has 76 valence electrons. The minimum atomic E-state index is -0.0446. The second kappa shape index (κ2) is 3.89. The molecule has 2 rings (SSSR count).